The van der Waals surface area contributed by atoms with Gasteiger partial charge in [0, 0.05) is 30.3 Å². The summed E-state index contributed by atoms with van der Waals surface area (Å²) in [7, 11) is 0. The molecule has 2 rings (SSSR count). The van der Waals surface area contributed by atoms with Crippen LogP contribution in [0.4, 0.5) is 10.5 Å². The van der Waals surface area contributed by atoms with Gasteiger partial charge in [0.15, 0.2) is 0 Å². The first-order valence-corrected chi connectivity index (χ1v) is 5.53. The third kappa shape index (κ3) is 2.13. The molecule has 0 saturated carbocycles. The molecule has 16 heavy (non-hydrogen) atoms. The molecule has 1 heterocycles. The van der Waals surface area contributed by atoms with Crippen LogP contribution < -0.4 is 4.90 Å². The molecule has 0 bridgehead atoms. The molecule has 0 spiro atoms. The van der Waals surface area contributed by atoms with E-state index in [1.807, 2.05) is 12.1 Å². The smallest absolute Gasteiger partial charge is 0.324 e. The molecule has 1 aliphatic heterocycles. The monoisotopic (exact) mass is 240 g/mol. The lowest BCUT2D eigenvalue weighted by molar-refractivity contribution is 0.199. The van der Waals surface area contributed by atoms with Crippen molar-refractivity contribution < 1.29 is 9.90 Å². The number of carbonyl (C=O) groups is 1. The maximum Gasteiger partial charge on any atom is 0.324 e. The van der Waals surface area contributed by atoms with E-state index in [-0.39, 0.29) is 12.6 Å². The zero-order valence-electron chi connectivity index (χ0n) is 8.77. The van der Waals surface area contributed by atoms with Crippen LogP contribution in [0.3, 0.4) is 0 Å². The molecule has 4 nitrogen and oxygen atoms in total. The minimum Gasteiger partial charge on any atom is -0.395 e. The Balaban J connectivity index is 2.15. The molecule has 1 saturated heterocycles. The minimum atomic E-state index is -0.0729. The van der Waals surface area contributed by atoms with E-state index in [0.29, 0.717) is 24.7 Å². The Morgan fingerprint density at radius 1 is 1.38 bits per heavy atom. The summed E-state index contributed by atoms with van der Waals surface area (Å²) in [5.41, 5.74) is 0.804. The number of halogens is 1. The fourth-order valence-electron chi connectivity index (χ4n) is 1.79. The van der Waals surface area contributed by atoms with Crippen LogP contribution in [0.1, 0.15) is 0 Å². The lowest BCUT2D eigenvalue weighted by Gasteiger charge is -2.17. The number of benzene rings is 1. The molecule has 2 amide bonds. The van der Waals surface area contributed by atoms with Crippen LogP contribution in [0.2, 0.25) is 5.02 Å². The summed E-state index contributed by atoms with van der Waals surface area (Å²) in [6.07, 6.45) is 0. The summed E-state index contributed by atoms with van der Waals surface area (Å²) in [5.74, 6) is 0. The first-order chi connectivity index (χ1) is 7.72. The van der Waals surface area contributed by atoms with Gasteiger partial charge in [-0.05, 0) is 18.2 Å². The summed E-state index contributed by atoms with van der Waals surface area (Å²) in [6, 6.07) is 7.14. The molecular weight excluding hydrogens is 228 g/mol. The van der Waals surface area contributed by atoms with Crippen LogP contribution in [0.15, 0.2) is 24.3 Å². The van der Waals surface area contributed by atoms with Crippen molar-refractivity contribution in [1.82, 2.24) is 4.90 Å². The Morgan fingerprint density at radius 3 is 2.88 bits per heavy atom. The summed E-state index contributed by atoms with van der Waals surface area (Å²) in [6.45, 7) is 1.66. The second-order valence-electron chi connectivity index (χ2n) is 3.62. The standard InChI is InChI=1S/C11H13ClN2O2/c12-9-2-1-3-10(8-9)14-5-4-13(6-7-15)11(14)16/h1-3,8,15H,4-7H2. The van der Waals surface area contributed by atoms with Crippen molar-refractivity contribution in [3.8, 4) is 0 Å². The molecule has 0 aromatic heterocycles. The van der Waals surface area contributed by atoms with Crippen LogP contribution in [0.5, 0.6) is 0 Å². The van der Waals surface area contributed by atoms with Gasteiger partial charge in [-0.2, -0.15) is 0 Å². The number of β-amino-alcohol motifs (C(OH)–C–C–N with tert-alkyl or cyclic N) is 1. The van der Waals surface area contributed by atoms with Crippen molar-refractivity contribution >= 4 is 23.3 Å². The van der Waals surface area contributed by atoms with Crippen molar-refractivity contribution in [2.75, 3.05) is 31.1 Å². The number of anilines is 1. The lowest BCUT2D eigenvalue weighted by atomic mass is 10.3. The molecule has 1 fully saturated rings. The molecule has 86 valence electrons. The zero-order valence-corrected chi connectivity index (χ0v) is 9.52. The van der Waals surface area contributed by atoms with E-state index in [2.05, 4.69) is 0 Å². The highest BCUT2D eigenvalue weighted by molar-refractivity contribution is 6.30. The third-order valence-electron chi connectivity index (χ3n) is 2.58. The number of hydrogen-bond acceptors (Lipinski definition) is 2. The van der Waals surface area contributed by atoms with Gasteiger partial charge in [-0.25, -0.2) is 4.79 Å². The molecular formula is C11H13ClN2O2. The Hall–Kier alpha value is -1.26. The van der Waals surface area contributed by atoms with Crippen LogP contribution in [-0.2, 0) is 0 Å². The Morgan fingerprint density at radius 2 is 2.19 bits per heavy atom. The highest BCUT2D eigenvalue weighted by Crippen LogP contribution is 2.23. The molecule has 0 atom stereocenters. The van der Waals surface area contributed by atoms with Crippen molar-refractivity contribution in [2.45, 2.75) is 0 Å². The average Bonchev–Trinajstić information content (AvgIpc) is 2.61. The van der Waals surface area contributed by atoms with Gasteiger partial charge in [0.05, 0.1) is 6.61 Å². The number of nitrogens with zero attached hydrogens (tertiary/aromatic N) is 2. The molecule has 1 N–H and O–H groups in total. The lowest BCUT2D eigenvalue weighted by Crippen LogP contribution is -2.33. The Kier molecular flexibility index (Phi) is 3.31. The van der Waals surface area contributed by atoms with Crippen LogP contribution in [-0.4, -0.2) is 42.3 Å². The van der Waals surface area contributed by atoms with Gasteiger partial charge in [-0.15, -0.1) is 0 Å². The van der Waals surface area contributed by atoms with Gasteiger partial charge in [-0.3, -0.25) is 4.90 Å². The number of amides is 2. The fraction of sp³-hybridized carbons (Fsp3) is 0.364. The van der Waals surface area contributed by atoms with Crippen LogP contribution >= 0.6 is 11.6 Å². The second-order valence-corrected chi connectivity index (χ2v) is 4.06. The highest BCUT2D eigenvalue weighted by atomic mass is 35.5. The van der Waals surface area contributed by atoms with Crippen molar-refractivity contribution in [3.63, 3.8) is 0 Å². The van der Waals surface area contributed by atoms with E-state index < -0.39 is 0 Å². The van der Waals surface area contributed by atoms with Crippen LogP contribution in [0.25, 0.3) is 0 Å². The van der Waals surface area contributed by atoms with Crippen molar-refractivity contribution in [3.05, 3.63) is 29.3 Å². The molecule has 0 radical (unpaired) electrons. The molecule has 1 aromatic carbocycles. The van der Waals surface area contributed by atoms with E-state index in [0.717, 1.165) is 5.69 Å². The second kappa shape index (κ2) is 4.72. The van der Waals surface area contributed by atoms with E-state index in [1.165, 1.54) is 0 Å². The Labute approximate surface area is 99.0 Å². The SMILES string of the molecule is O=C1N(CCO)CCN1c1cccc(Cl)c1. The number of aliphatic hydroxyl groups excluding tert-OH is 1. The van der Waals surface area contributed by atoms with E-state index in [9.17, 15) is 4.79 Å². The van der Waals surface area contributed by atoms with Crippen molar-refractivity contribution in [1.29, 1.82) is 0 Å². The Bertz CT molecular complexity index is 397. The molecule has 0 unspecified atom stereocenters. The fourth-order valence-corrected chi connectivity index (χ4v) is 1.98. The van der Waals surface area contributed by atoms with Crippen LogP contribution in [0, 0.1) is 0 Å². The zero-order chi connectivity index (χ0) is 11.5. The van der Waals surface area contributed by atoms with Gasteiger partial charge >= 0.3 is 6.03 Å². The number of urea groups is 1. The maximum absolute atomic E-state index is 11.9. The number of hydrogen-bond donors (Lipinski definition) is 1. The normalized spacial score (nSPS) is 16.0. The van der Waals surface area contributed by atoms with Gasteiger partial charge in [0.25, 0.3) is 0 Å². The topological polar surface area (TPSA) is 43.8 Å². The van der Waals surface area contributed by atoms with E-state index >= 15 is 0 Å². The van der Waals surface area contributed by atoms with Gasteiger partial charge in [0.1, 0.15) is 0 Å². The predicted octanol–water partition coefficient (Wildman–Crippen LogP) is 1.57. The number of carbonyl (C=O) groups excluding carboxylic acids is 1. The summed E-state index contributed by atoms with van der Waals surface area (Å²) >= 11 is 5.88. The number of rotatable bonds is 3. The quantitative estimate of drug-likeness (QED) is 0.872. The minimum absolute atomic E-state index is 0.00484. The molecule has 0 aliphatic carbocycles. The summed E-state index contributed by atoms with van der Waals surface area (Å²) in [4.78, 5) is 15.2. The summed E-state index contributed by atoms with van der Waals surface area (Å²) in [5, 5.41) is 9.43. The maximum atomic E-state index is 11.9. The number of aliphatic hydroxyl groups is 1. The van der Waals surface area contributed by atoms with E-state index in [4.69, 9.17) is 16.7 Å². The van der Waals surface area contributed by atoms with Gasteiger partial charge in [0.2, 0.25) is 0 Å². The van der Waals surface area contributed by atoms with E-state index in [1.54, 1.807) is 21.9 Å². The molecule has 5 heteroatoms. The first-order valence-electron chi connectivity index (χ1n) is 5.15. The molecule has 1 aromatic rings. The largest absolute Gasteiger partial charge is 0.395 e. The predicted molar refractivity (Wildman–Crippen MR) is 62.9 cm³/mol. The van der Waals surface area contributed by atoms with Gasteiger partial charge in [-0.1, -0.05) is 17.7 Å². The van der Waals surface area contributed by atoms with Crippen molar-refractivity contribution in [2.24, 2.45) is 0 Å². The van der Waals surface area contributed by atoms with Gasteiger partial charge < -0.3 is 10.0 Å². The highest BCUT2D eigenvalue weighted by Gasteiger charge is 2.28. The summed E-state index contributed by atoms with van der Waals surface area (Å²) < 4.78 is 0. The average molecular weight is 241 g/mol. The third-order valence-corrected chi connectivity index (χ3v) is 2.82. The first kappa shape index (κ1) is 11.2. The molecule has 1 aliphatic rings.